The third-order valence-electron chi connectivity index (χ3n) is 3.72. The number of thiazole rings is 1. The summed E-state index contributed by atoms with van der Waals surface area (Å²) >= 11 is 7.07. The highest BCUT2D eigenvalue weighted by Crippen LogP contribution is 2.31. The lowest BCUT2D eigenvalue weighted by Gasteiger charge is -2.11. The van der Waals surface area contributed by atoms with E-state index in [1.165, 1.54) is 49.1 Å². The lowest BCUT2D eigenvalue weighted by atomic mass is 10.2. The summed E-state index contributed by atoms with van der Waals surface area (Å²) in [7, 11) is -1.33. The number of benzene rings is 2. The molecule has 0 spiro atoms. The molecule has 1 aromatic heterocycles. The average Bonchev–Trinajstić information content (AvgIpc) is 3.19. The molecule has 0 aliphatic rings. The SMILES string of the molecule is COC(=O)c1ccc(NS(=O)(=O)c2csc(-c3ccc(Cl)cc3)n2)c(OC)c1. The topological polar surface area (TPSA) is 94.6 Å². The zero-order chi connectivity index (χ0) is 20.3. The van der Waals surface area contributed by atoms with Crippen LogP contribution in [0.4, 0.5) is 5.69 Å². The molecule has 0 saturated carbocycles. The van der Waals surface area contributed by atoms with Gasteiger partial charge in [0.1, 0.15) is 10.8 Å². The number of methoxy groups -OCH3 is 2. The summed E-state index contributed by atoms with van der Waals surface area (Å²) in [6.07, 6.45) is 0. The van der Waals surface area contributed by atoms with Gasteiger partial charge in [0.05, 0.1) is 25.5 Å². The van der Waals surface area contributed by atoms with E-state index >= 15 is 0 Å². The molecule has 0 aliphatic carbocycles. The molecule has 0 atom stereocenters. The summed E-state index contributed by atoms with van der Waals surface area (Å²) in [5.74, 6) is -0.376. The van der Waals surface area contributed by atoms with Gasteiger partial charge in [0, 0.05) is 16.0 Å². The van der Waals surface area contributed by atoms with Gasteiger partial charge in [0.25, 0.3) is 10.0 Å². The van der Waals surface area contributed by atoms with Crippen LogP contribution in [-0.4, -0.2) is 33.6 Å². The highest BCUT2D eigenvalue weighted by atomic mass is 35.5. The number of ether oxygens (including phenoxy) is 2. The Kier molecular flexibility index (Phi) is 5.87. The smallest absolute Gasteiger partial charge is 0.337 e. The van der Waals surface area contributed by atoms with Crippen molar-refractivity contribution in [1.29, 1.82) is 0 Å². The zero-order valence-corrected chi connectivity index (χ0v) is 17.2. The van der Waals surface area contributed by atoms with Crippen molar-refractivity contribution in [1.82, 2.24) is 4.98 Å². The van der Waals surface area contributed by atoms with Gasteiger partial charge >= 0.3 is 5.97 Å². The molecule has 0 saturated heterocycles. The number of aromatic nitrogens is 1. The molecule has 7 nitrogen and oxygen atoms in total. The molecule has 0 aliphatic heterocycles. The Morgan fingerprint density at radius 2 is 1.86 bits per heavy atom. The molecular weight excluding hydrogens is 424 g/mol. The van der Waals surface area contributed by atoms with Gasteiger partial charge in [-0.1, -0.05) is 23.7 Å². The second kappa shape index (κ2) is 8.17. The van der Waals surface area contributed by atoms with Gasteiger partial charge in [0.2, 0.25) is 0 Å². The van der Waals surface area contributed by atoms with Crippen LogP contribution in [0.2, 0.25) is 5.02 Å². The maximum absolute atomic E-state index is 12.7. The fourth-order valence-electron chi connectivity index (χ4n) is 2.32. The van der Waals surface area contributed by atoms with E-state index in [0.717, 1.165) is 5.56 Å². The van der Waals surface area contributed by atoms with Gasteiger partial charge in [0.15, 0.2) is 5.03 Å². The van der Waals surface area contributed by atoms with Gasteiger partial charge in [-0.3, -0.25) is 4.72 Å². The van der Waals surface area contributed by atoms with Crippen LogP contribution in [0, 0.1) is 0 Å². The Balaban J connectivity index is 1.88. The van der Waals surface area contributed by atoms with E-state index in [1.807, 2.05) is 0 Å². The Bertz CT molecular complexity index is 1110. The first-order chi connectivity index (χ1) is 13.3. The van der Waals surface area contributed by atoms with Gasteiger partial charge in [-0.25, -0.2) is 9.78 Å². The van der Waals surface area contributed by atoms with E-state index < -0.39 is 16.0 Å². The third kappa shape index (κ3) is 4.27. The molecule has 3 rings (SSSR count). The van der Waals surface area contributed by atoms with Crippen LogP contribution in [-0.2, 0) is 14.8 Å². The van der Waals surface area contributed by atoms with Crippen LogP contribution in [0.5, 0.6) is 5.75 Å². The van der Waals surface area contributed by atoms with Crippen molar-refractivity contribution in [3.05, 3.63) is 58.4 Å². The number of anilines is 1. The lowest BCUT2D eigenvalue weighted by molar-refractivity contribution is 0.0600. The summed E-state index contributed by atoms with van der Waals surface area (Å²) in [6.45, 7) is 0. The molecule has 0 unspecified atom stereocenters. The Morgan fingerprint density at radius 3 is 2.50 bits per heavy atom. The van der Waals surface area contributed by atoms with Gasteiger partial charge < -0.3 is 9.47 Å². The second-order valence-electron chi connectivity index (χ2n) is 5.51. The maximum atomic E-state index is 12.7. The van der Waals surface area contributed by atoms with Crippen LogP contribution < -0.4 is 9.46 Å². The number of rotatable bonds is 6. The van der Waals surface area contributed by atoms with Gasteiger partial charge in [-0.2, -0.15) is 8.42 Å². The summed E-state index contributed by atoms with van der Waals surface area (Å²) in [5, 5.41) is 2.45. The van der Waals surface area contributed by atoms with Crippen molar-refractivity contribution in [3.63, 3.8) is 0 Å². The molecule has 28 heavy (non-hydrogen) atoms. The Labute approximate surface area is 171 Å². The number of sulfonamides is 1. The van der Waals surface area contributed by atoms with Crippen LogP contribution in [0.15, 0.2) is 52.9 Å². The van der Waals surface area contributed by atoms with Gasteiger partial charge in [-0.05, 0) is 30.3 Å². The lowest BCUT2D eigenvalue weighted by Crippen LogP contribution is -2.14. The third-order valence-corrected chi connectivity index (χ3v) is 6.26. The Hall–Kier alpha value is -2.62. The van der Waals surface area contributed by atoms with E-state index in [-0.39, 0.29) is 22.0 Å². The predicted octanol–water partition coefficient (Wildman–Crippen LogP) is 4.06. The molecule has 0 fully saturated rings. The average molecular weight is 439 g/mol. The molecule has 0 amide bonds. The number of halogens is 1. The van der Waals surface area contributed by atoms with Crippen LogP contribution >= 0.6 is 22.9 Å². The molecule has 3 aromatic rings. The minimum Gasteiger partial charge on any atom is -0.495 e. The molecule has 146 valence electrons. The van der Waals surface area contributed by atoms with Crippen LogP contribution in [0.3, 0.4) is 0 Å². The summed E-state index contributed by atoms with van der Waals surface area (Å²) in [5.41, 5.74) is 1.17. The molecular formula is C18H15ClN2O5S2. The van der Waals surface area contributed by atoms with Crippen LogP contribution in [0.25, 0.3) is 10.6 Å². The van der Waals surface area contributed by atoms with Crippen molar-refractivity contribution in [2.75, 3.05) is 18.9 Å². The van der Waals surface area contributed by atoms with Crippen LogP contribution in [0.1, 0.15) is 10.4 Å². The molecule has 1 heterocycles. The first kappa shape index (κ1) is 20.1. The minimum absolute atomic E-state index is 0.124. The van der Waals surface area contributed by atoms with E-state index in [9.17, 15) is 13.2 Å². The highest BCUT2D eigenvalue weighted by Gasteiger charge is 2.21. The van der Waals surface area contributed by atoms with Crippen molar-refractivity contribution in [2.24, 2.45) is 0 Å². The number of carbonyl (C=O) groups excluding carboxylic acids is 1. The molecule has 1 N–H and O–H groups in total. The summed E-state index contributed by atoms with van der Waals surface area (Å²) in [6, 6.07) is 11.2. The number of esters is 1. The van der Waals surface area contributed by atoms with E-state index in [1.54, 1.807) is 24.3 Å². The zero-order valence-electron chi connectivity index (χ0n) is 14.8. The standard InChI is InChI=1S/C18H15ClN2O5S2/c1-25-15-9-12(18(22)26-2)5-8-14(15)21-28(23,24)16-10-27-17(20-16)11-3-6-13(19)7-4-11/h3-10,21H,1-2H3. The van der Waals surface area contributed by atoms with E-state index in [2.05, 4.69) is 14.4 Å². The highest BCUT2D eigenvalue weighted by molar-refractivity contribution is 7.92. The van der Waals surface area contributed by atoms with E-state index in [0.29, 0.717) is 10.0 Å². The molecule has 0 radical (unpaired) electrons. The fourth-order valence-corrected chi connectivity index (χ4v) is 4.62. The molecule has 2 aromatic carbocycles. The quantitative estimate of drug-likeness (QED) is 0.583. The van der Waals surface area contributed by atoms with Crippen molar-refractivity contribution < 1.29 is 22.7 Å². The van der Waals surface area contributed by atoms with Crippen molar-refractivity contribution in [3.8, 4) is 16.3 Å². The molecule has 10 heteroatoms. The molecule has 0 bridgehead atoms. The largest absolute Gasteiger partial charge is 0.495 e. The monoisotopic (exact) mass is 438 g/mol. The van der Waals surface area contributed by atoms with Crippen molar-refractivity contribution >= 4 is 44.6 Å². The minimum atomic E-state index is -3.95. The number of carbonyl (C=O) groups is 1. The number of hydrogen-bond donors (Lipinski definition) is 1. The van der Waals surface area contributed by atoms with Crippen molar-refractivity contribution in [2.45, 2.75) is 5.03 Å². The predicted molar refractivity (Wildman–Crippen MR) is 108 cm³/mol. The van der Waals surface area contributed by atoms with E-state index in [4.69, 9.17) is 16.3 Å². The number of nitrogens with zero attached hydrogens (tertiary/aromatic N) is 1. The van der Waals surface area contributed by atoms with Gasteiger partial charge in [-0.15, -0.1) is 11.3 Å². The maximum Gasteiger partial charge on any atom is 0.337 e. The second-order valence-corrected chi connectivity index (χ2v) is 8.43. The number of nitrogens with one attached hydrogen (secondary N) is 1. The number of hydrogen-bond acceptors (Lipinski definition) is 7. The first-order valence-electron chi connectivity index (χ1n) is 7.84. The summed E-state index contributed by atoms with van der Waals surface area (Å²) < 4.78 is 37.7. The summed E-state index contributed by atoms with van der Waals surface area (Å²) in [4.78, 5) is 15.8. The Morgan fingerprint density at radius 1 is 1.14 bits per heavy atom. The fraction of sp³-hybridized carbons (Fsp3) is 0.111. The normalized spacial score (nSPS) is 11.1. The first-order valence-corrected chi connectivity index (χ1v) is 10.6.